The highest BCUT2D eigenvalue weighted by atomic mass is 16.2. The van der Waals surface area contributed by atoms with Gasteiger partial charge in [-0.15, -0.1) is 5.10 Å². The molecular formula is C28H33N5O3. The number of fused-ring (bicyclic) bond motifs is 5. The van der Waals surface area contributed by atoms with Crippen LogP contribution < -0.4 is 10.2 Å². The summed E-state index contributed by atoms with van der Waals surface area (Å²) >= 11 is 0. The number of aromatic nitrogens is 3. The Kier molecular flexibility index (Phi) is 8.60. The molecule has 1 aliphatic rings. The van der Waals surface area contributed by atoms with Crippen molar-refractivity contribution in [3.8, 4) is 22.5 Å². The van der Waals surface area contributed by atoms with E-state index in [1.165, 1.54) is 0 Å². The predicted molar refractivity (Wildman–Crippen MR) is 139 cm³/mol. The van der Waals surface area contributed by atoms with Gasteiger partial charge in [-0.1, -0.05) is 54.1 Å². The summed E-state index contributed by atoms with van der Waals surface area (Å²) in [6, 6.07) is 15.9. The first-order valence-electron chi connectivity index (χ1n) is 12.8. The van der Waals surface area contributed by atoms with Gasteiger partial charge in [-0.2, -0.15) is 0 Å². The zero-order chi connectivity index (χ0) is 25.3. The van der Waals surface area contributed by atoms with Crippen LogP contribution in [-0.2, 0) is 27.5 Å². The number of rotatable bonds is 11. The Morgan fingerprint density at radius 2 is 1.75 bits per heavy atom. The van der Waals surface area contributed by atoms with Crippen LogP contribution in [0, 0.1) is 0 Å². The quantitative estimate of drug-likeness (QED) is 0.317. The number of para-hydroxylation sites is 1. The lowest BCUT2D eigenvalue weighted by Crippen LogP contribution is -2.31. The average Bonchev–Trinajstić information content (AvgIpc) is 3.29. The molecule has 1 N–H and O–H groups in total. The minimum atomic E-state index is -0.0120. The number of anilines is 1. The molecule has 0 radical (unpaired) electrons. The molecule has 0 aliphatic carbocycles. The van der Waals surface area contributed by atoms with Crippen molar-refractivity contribution in [1.29, 1.82) is 0 Å². The van der Waals surface area contributed by atoms with Crippen molar-refractivity contribution in [1.82, 2.24) is 20.3 Å². The molecule has 4 rings (SSSR count). The van der Waals surface area contributed by atoms with Crippen LogP contribution >= 0.6 is 0 Å². The Labute approximate surface area is 211 Å². The third-order valence-electron chi connectivity index (χ3n) is 6.45. The molecular weight excluding hydrogens is 454 g/mol. The fourth-order valence-corrected chi connectivity index (χ4v) is 4.68. The van der Waals surface area contributed by atoms with Crippen molar-refractivity contribution in [2.45, 2.75) is 65.0 Å². The SMILES string of the molecule is CCNC(=O)CCCCCn1nnc2c1-c1ccccc1CN(C(=O)CCCC=O)c1ccccc1-2. The van der Waals surface area contributed by atoms with Crippen LogP contribution in [0.25, 0.3) is 22.5 Å². The van der Waals surface area contributed by atoms with E-state index < -0.39 is 0 Å². The standard InChI is InChI=1S/C28H33N5O3/c1-2-29-25(35)16-4-3-10-18-33-28-22-13-6-5-12-21(22)20-32(26(36)17-9-11-19-34)24-15-8-7-14-23(24)27(28)30-31-33/h5-8,12-15,19H,2-4,9-11,16-18,20H2,1H3,(H,29,35). The van der Waals surface area contributed by atoms with Gasteiger partial charge in [-0.25, -0.2) is 4.68 Å². The van der Waals surface area contributed by atoms with Crippen LogP contribution in [0.3, 0.4) is 0 Å². The molecule has 0 atom stereocenters. The van der Waals surface area contributed by atoms with Crippen molar-refractivity contribution < 1.29 is 14.4 Å². The highest BCUT2D eigenvalue weighted by molar-refractivity contribution is 6.00. The van der Waals surface area contributed by atoms with E-state index in [0.29, 0.717) is 45.3 Å². The van der Waals surface area contributed by atoms with Gasteiger partial charge in [0.25, 0.3) is 0 Å². The van der Waals surface area contributed by atoms with Crippen LogP contribution in [0.2, 0.25) is 0 Å². The number of nitrogens with one attached hydrogen (secondary N) is 1. The van der Waals surface area contributed by atoms with E-state index in [0.717, 1.165) is 59.3 Å². The maximum atomic E-state index is 13.3. The lowest BCUT2D eigenvalue weighted by Gasteiger charge is -2.28. The molecule has 1 aromatic heterocycles. The molecule has 0 saturated heterocycles. The zero-order valence-electron chi connectivity index (χ0n) is 20.8. The molecule has 2 amide bonds. The maximum absolute atomic E-state index is 13.3. The fraction of sp³-hybridized carbons (Fsp3) is 0.393. The Bertz CT molecular complexity index is 1220. The Balaban J connectivity index is 1.64. The Hall–Kier alpha value is -3.81. The summed E-state index contributed by atoms with van der Waals surface area (Å²) in [6.07, 6.45) is 5.26. The summed E-state index contributed by atoms with van der Waals surface area (Å²) in [6.45, 7) is 3.72. The fourth-order valence-electron chi connectivity index (χ4n) is 4.68. The minimum absolute atomic E-state index is 0.0120. The van der Waals surface area contributed by atoms with Crippen LogP contribution in [0.4, 0.5) is 5.69 Å². The largest absolute Gasteiger partial charge is 0.356 e. The zero-order valence-corrected chi connectivity index (χ0v) is 20.8. The van der Waals surface area contributed by atoms with Gasteiger partial charge >= 0.3 is 0 Å². The van der Waals surface area contributed by atoms with Crippen LogP contribution in [0.5, 0.6) is 0 Å². The van der Waals surface area contributed by atoms with Gasteiger partial charge in [0.15, 0.2) is 0 Å². The molecule has 0 unspecified atom stereocenters. The number of amides is 2. The van der Waals surface area contributed by atoms with Gasteiger partial charge in [-0.05, 0) is 37.8 Å². The molecule has 3 aromatic rings. The molecule has 8 heteroatoms. The first-order chi connectivity index (χ1) is 17.6. The third-order valence-corrected chi connectivity index (χ3v) is 6.45. The Morgan fingerprint density at radius 3 is 2.56 bits per heavy atom. The number of nitrogens with zero attached hydrogens (tertiary/aromatic N) is 4. The van der Waals surface area contributed by atoms with E-state index in [-0.39, 0.29) is 11.8 Å². The third kappa shape index (κ3) is 5.70. The predicted octanol–water partition coefficient (Wildman–Crippen LogP) is 4.52. The second kappa shape index (κ2) is 12.2. The molecule has 0 bridgehead atoms. The molecule has 36 heavy (non-hydrogen) atoms. The van der Waals surface area contributed by atoms with Gasteiger partial charge in [0.1, 0.15) is 12.0 Å². The average molecular weight is 488 g/mol. The van der Waals surface area contributed by atoms with Crippen molar-refractivity contribution in [3.63, 3.8) is 0 Å². The number of unbranched alkanes of at least 4 members (excludes halogenated alkanes) is 3. The first kappa shape index (κ1) is 25.3. The number of aldehydes is 1. The summed E-state index contributed by atoms with van der Waals surface area (Å²) < 4.78 is 1.96. The van der Waals surface area contributed by atoms with Crippen molar-refractivity contribution in [2.75, 3.05) is 11.4 Å². The summed E-state index contributed by atoms with van der Waals surface area (Å²) in [5.74, 6) is 0.0845. The number of carbonyl (C=O) groups excluding carboxylic acids is 3. The molecule has 2 aromatic carbocycles. The summed E-state index contributed by atoms with van der Waals surface area (Å²) in [4.78, 5) is 37.6. The topological polar surface area (TPSA) is 97.2 Å². The number of carbonyl (C=O) groups is 3. The highest BCUT2D eigenvalue weighted by Gasteiger charge is 2.28. The normalized spacial score (nSPS) is 12.1. The minimum Gasteiger partial charge on any atom is -0.356 e. The van der Waals surface area contributed by atoms with E-state index in [9.17, 15) is 14.4 Å². The van der Waals surface area contributed by atoms with E-state index in [1.807, 2.05) is 59.0 Å². The van der Waals surface area contributed by atoms with Gasteiger partial charge in [-0.3, -0.25) is 9.59 Å². The van der Waals surface area contributed by atoms with Crippen LogP contribution in [-0.4, -0.2) is 39.6 Å². The lowest BCUT2D eigenvalue weighted by molar-refractivity contribution is -0.121. The van der Waals surface area contributed by atoms with Crippen molar-refractivity contribution in [3.05, 3.63) is 54.1 Å². The second-order valence-corrected chi connectivity index (χ2v) is 8.99. The van der Waals surface area contributed by atoms with Crippen LogP contribution in [0.15, 0.2) is 48.5 Å². The molecule has 0 fully saturated rings. The molecule has 2 heterocycles. The Morgan fingerprint density at radius 1 is 0.972 bits per heavy atom. The number of benzene rings is 2. The smallest absolute Gasteiger partial charge is 0.227 e. The van der Waals surface area contributed by atoms with E-state index in [2.05, 4.69) is 21.7 Å². The molecule has 0 saturated carbocycles. The summed E-state index contributed by atoms with van der Waals surface area (Å²) in [7, 11) is 0. The molecule has 8 nitrogen and oxygen atoms in total. The molecule has 188 valence electrons. The number of hydrogen-bond acceptors (Lipinski definition) is 5. The second-order valence-electron chi connectivity index (χ2n) is 8.99. The van der Waals surface area contributed by atoms with E-state index >= 15 is 0 Å². The lowest BCUT2D eigenvalue weighted by atomic mass is 9.95. The molecule has 0 spiro atoms. The maximum Gasteiger partial charge on any atom is 0.227 e. The van der Waals surface area contributed by atoms with Crippen molar-refractivity contribution >= 4 is 23.8 Å². The van der Waals surface area contributed by atoms with Gasteiger partial charge in [0.05, 0.1) is 17.9 Å². The van der Waals surface area contributed by atoms with E-state index in [4.69, 9.17) is 0 Å². The van der Waals surface area contributed by atoms with Crippen molar-refractivity contribution in [2.24, 2.45) is 0 Å². The summed E-state index contributed by atoms with van der Waals surface area (Å²) in [5.41, 5.74) is 5.42. The van der Waals surface area contributed by atoms with E-state index in [1.54, 1.807) is 0 Å². The van der Waals surface area contributed by atoms with Crippen LogP contribution in [0.1, 0.15) is 57.4 Å². The van der Waals surface area contributed by atoms with Gasteiger partial charge < -0.3 is 15.0 Å². The van der Waals surface area contributed by atoms with Gasteiger partial charge in [0, 0.05) is 43.5 Å². The summed E-state index contributed by atoms with van der Waals surface area (Å²) in [5, 5.41) is 11.9. The first-order valence-corrected chi connectivity index (χ1v) is 12.8. The number of aryl methyl sites for hydroxylation is 1. The number of hydrogen-bond donors (Lipinski definition) is 1. The highest BCUT2D eigenvalue weighted by Crippen LogP contribution is 2.41. The monoisotopic (exact) mass is 487 g/mol. The van der Waals surface area contributed by atoms with Gasteiger partial charge in [0.2, 0.25) is 11.8 Å². The molecule has 1 aliphatic heterocycles.